The average Bonchev–Trinajstić information content (AvgIpc) is 2.97. The van der Waals surface area contributed by atoms with Crippen LogP contribution in [0.15, 0.2) is 47.6 Å². The van der Waals surface area contributed by atoms with Crippen LogP contribution in [-0.4, -0.2) is 31.3 Å². The summed E-state index contributed by atoms with van der Waals surface area (Å²) in [4.78, 5) is 6.68. The summed E-state index contributed by atoms with van der Waals surface area (Å²) < 4.78 is 25.4. The van der Waals surface area contributed by atoms with Crippen molar-refractivity contribution in [1.29, 1.82) is 0 Å². The van der Waals surface area contributed by atoms with Crippen molar-refractivity contribution >= 4 is 15.8 Å². The molecule has 0 amide bonds. The highest BCUT2D eigenvalue weighted by Crippen LogP contribution is 2.34. The molecule has 28 heavy (non-hydrogen) atoms. The SMILES string of the molecule is CCCCCCCCN1c2nccc[n+]2C[C@@]1(O)c1ccc(S(C)(=O)=O)cc1. The molecular formula is C21H30N3O3S+. The van der Waals surface area contributed by atoms with Crippen molar-refractivity contribution in [3.8, 4) is 0 Å². The number of nitrogens with zero attached hydrogens (tertiary/aromatic N) is 3. The molecule has 0 spiro atoms. The van der Waals surface area contributed by atoms with Gasteiger partial charge in [0.1, 0.15) is 12.7 Å². The van der Waals surface area contributed by atoms with E-state index in [2.05, 4.69) is 11.9 Å². The molecule has 1 aliphatic rings. The van der Waals surface area contributed by atoms with Crippen LogP contribution in [0.2, 0.25) is 0 Å². The highest BCUT2D eigenvalue weighted by atomic mass is 32.2. The Hall–Kier alpha value is -1.99. The highest BCUT2D eigenvalue weighted by Gasteiger charge is 2.51. The first-order valence-electron chi connectivity index (χ1n) is 10.0. The van der Waals surface area contributed by atoms with Crippen molar-refractivity contribution in [2.45, 2.75) is 62.6 Å². The van der Waals surface area contributed by atoms with Gasteiger partial charge in [-0.1, -0.05) is 56.1 Å². The maximum Gasteiger partial charge on any atom is 0.396 e. The van der Waals surface area contributed by atoms with Crippen LogP contribution in [0.25, 0.3) is 0 Å². The fraction of sp³-hybridized carbons (Fsp3) is 0.524. The van der Waals surface area contributed by atoms with Crippen LogP contribution >= 0.6 is 0 Å². The van der Waals surface area contributed by atoms with Crippen LogP contribution in [0.1, 0.15) is 51.0 Å². The fourth-order valence-corrected chi connectivity index (χ4v) is 4.41. The first-order valence-corrected chi connectivity index (χ1v) is 11.9. The number of sulfone groups is 1. The number of aliphatic hydroxyl groups is 1. The van der Waals surface area contributed by atoms with E-state index in [4.69, 9.17) is 0 Å². The van der Waals surface area contributed by atoms with Crippen LogP contribution in [-0.2, 0) is 22.1 Å². The van der Waals surface area contributed by atoms with Gasteiger partial charge in [-0.2, -0.15) is 0 Å². The predicted molar refractivity (Wildman–Crippen MR) is 109 cm³/mol. The smallest absolute Gasteiger partial charge is 0.353 e. The molecule has 1 atom stereocenters. The third kappa shape index (κ3) is 4.36. The van der Waals surface area contributed by atoms with Crippen LogP contribution in [0.4, 0.5) is 5.95 Å². The number of anilines is 1. The number of fused-ring (bicyclic) bond motifs is 1. The van der Waals surface area contributed by atoms with Gasteiger partial charge >= 0.3 is 5.95 Å². The summed E-state index contributed by atoms with van der Waals surface area (Å²) in [5.41, 5.74) is -0.558. The minimum Gasteiger partial charge on any atom is -0.353 e. The molecule has 3 rings (SSSR count). The third-order valence-electron chi connectivity index (χ3n) is 5.36. The largest absolute Gasteiger partial charge is 0.396 e. The minimum atomic E-state index is -3.27. The van der Waals surface area contributed by atoms with E-state index >= 15 is 0 Å². The quantitative estimate of drug-likeness (QED) is 0.514. The van der Waals surface area contributed by atoms with Crippen molar-refractivity contribution in [1.82, 2.24) is 4.98 Å². The van der Waals surface area contributed by atoms with E-state index in [-0.39, 0.29) is 4.90 Å². The van der Waals surface area contributed by atoms with Gasteiger partial charge in [0.05, 0.1) is 17.6 Å². The Bertz CT molecular complexity index is 899. The lowest BCUT2D eigenvalue weighted by atomic mass is 10.0. The molecule has 2 aromatic rings. The fourth-order valence-electron chi connectivity index (χ4n) is 3.78. The Labute approximate surface area is 167 Å². The zero-order valence-electron chi connectivity index (χ0n) is 16.7. The first kappa shape index (κ1) is 20.7. The lowest BCUT2D eigenvalue weighted by Crippen LogP contribution is -2.46. The van der Waals surface area contributed by atoms with E-state index < -0.39 is 15.6 Å². The number of unbranched alkanes of at least 4 members (excludes halogenated alkanes) is 5. The molecule has 0 bridgehead atoms. The van der Waals surface area contributed by atoms with Gasteiger partial charge in [-0.05, 0) is 18.6 Å². The Morgan fingerprint density at radius 1 is 1.14 bits per heavy atom. The standard InChI is InChI=1S/C21H30N3O3S/c1-3-4-5-6-7-8-16-24-20-22-14-9-15-23(20)17-21(24,25)18-10-12-19(13-11-18)28(2,26)27/h9-15,25H,3-8,16-17H2,1-2H3/q+1/t21-/m1/s1. The Balaban J connectivity index is 1.81. The topological polar surface area (TPSA) is 74.4 Å². The molecule has 6 nitrogen and oxygen atoms in total. The molecule has 7 heteroatoms. The monoisotopic (exact) mass is 404 g/mol. The molecular weight excluding hydrogens is 374 g/mol. The van der Waals surface area contributed by atoms with Crippen LogP contribution in [0.3, 0.4) is 0 Å². The zero-order valence-corrected chi connectivity index (χ0v) is 17.5. The lowest BCUT2D eigenvalue weighted by molar-refractivity contribution is -0.685. The summed E-state index contributed by atoms with van der Waals surface area (Å²) in [5.74, 6) is 0.741. The summed E-state index contributed by atoms with van der Waals surface area (Å²) in [6.45, 7) is 3.27. The van der Waals surface area contributed by atoms with Crippen molar-refractivity contribution in [3.63, 3.8) is 0 Å². The molecule has 2 heterocycles. The zero-order chi connectivity index (χ0) is 20.2. The molecule has 1 aromatic carbocycles. The Kier molecular flexibility index (Phi) is 6.35. The van der Waals surface area contributed by atoms with Crippen LogP contribution in [0.5, 0.6) is 0 Å². The maximum atomic E-state index is 11.8. The molecule has 0 saturated heterocycles. The second kappa shape index (κ2) is 8.57. The molecule has 1 aromatic heterocycles. The van der Waals surface area contributed by atoms with Crippen molar-refractivity contribution in [2.24, 2.45) is 0 Å². The van der Waals surface area contributed by atoms with Gasteiger partial charge in [-0.25, -0.2) is 17.9 Å². The number of aromatic nitrogens is 2. The average molecular weight is 405 g/mol. The van der Waals surface area contributed by atoms with E-state index in [1.165, 1.54) is 31.9 Å². The number of benzene rings is 1. The van der Waals surface area contributed by atoms with E-state index in [1.54, 1.807) is 30.5 Å². The van der Waals surface area contributed by atoms with Gasteiger partial charge in [0.25, 0.3) is 0 Å². The van der Waals surface area contributed by atoms with Crippen molar-refractivity contribution < 1.29 is 18.1 Å². The van der Waals surface area contributed by atoms with Gasteiger partial charge in [-0.15, -0.1) is 0 Å². The Morgan fingerprint density at radius 3 is 2.50 bits per heavy atom. The second-order valence-corrected chi connectivity index (χ2v) is 9.60. The normalized spacial score (nSPS) is 19.0. The summed E-state index contributed by atoms with van der Waals surface area (Å²) >= 11 is 0. The van der Waals surface area contributed by atoms with E-state index in [9.17, 15) is 13.5 Å². The molecule has 152 valence electrons. The van der Waals surface area contributed by atoms with Gasteiger partial charge in [0.2, 0.25) is 5.72 Å². The van der Waals surface area contributed by atoms with Crippen LogP contribution < -0.4 is 9.47 Å². The highest BCUT2D eigenvalue weighted by molar-refractivity contribution is 7.90. The van der Waals surface area contributed by atoms with Crippen LogP contribution in [0, 0.1) is 0 Å². The number of hydrogen-bond acceptors (Lipinski definition) is 5. The summed E-state index contributed by atoms with van der Waals surface area (Å²) in [6.07, 6.45) is 11.9. The predicted octanol–water partition coefficient (Wildman–Crippen LogP) is 2.80. The van der Waals surface area contributed by atoms with Gasteiger partial charge in [-0.3, -0.25) is 0 Å². The van der Waals surface area contributed by atoms with Gasteiger partial charge in [0.15, 0.2) is 9.84 Å². The van der Waals surface area contributed by atoms with Gasteiger partial charge in [0, 0.05) is 17.9 Å². The molecule has 1 aliphatic heterocycles. The van der Waals surface area contributed by atoms with Gasteiger partial charge < -0.3 is 5.11 Å². The van der Waals surface area contributed by atoms with E-state index in [0.717, 1.165) is 18.8 Å². The van der Waals surface area contributed by atoms with E-state index in [1.807, 2.05) is 21.7 Å². The summed E-state index contributed by atoms with van der Waals surface area (Å²) in [5, 5.41) is 11.6. The summed E-state index contributed by atoms with van der Waals surface area (Å²) in [6, 6.07) is 8.39. The maximum absolute atomic E-state index is 11.8. The molecule has 0 saturated carbocycles. The number of hydrogen-bond donors (Lipinski definition) is 1. The Morgan fingerprint density at radius 2 is 1.82 bits per heavy atom. The van der Waals surface area contributed by atoms with Crippen molar-refractivity contribution in [3.05, 3.63) is 48.3 Å². The molecule has 0 fully saturated rings. The summed E-state index contributed by atoms with van der Waals surface area (Å²) in [7, 11) is -3.27. The number of rotatable bonds is 9. The molecule has 0 radical (unpaired) electrons. The third-order valence-corrected chi connectivity index (χ3v) is 6.49. The van der Waals surface area contributed by atoms with Crippen molar-refractivity contribution in [2.75, 3.05) is 17.7 Å². The van der Waals surface area contributed by atoms with E-state index in [0.29, 0.717) is 18.7 Å². The molecule has 1 N–H and O–H groups in total. The first-order chi connectivity index (χ1) is 13.4. The molecule has 0 aliphatic carbocycles. The second-order valence-electron chi connectivity index (χ2n) is 7.58. The lowest BCUT2D eigenvalue weighted by Gasteiger charge is -2.28. The molecule has 0 unspecified atom stereocenters. The minimum absolute atomic E-state index is 0.253.